The summed E-state index contributed by atoms with van der Waals surface area (Å²) in [7, 11) is 0. The van der Waals surface area contributed by atoms with Crippen LogP contribution in [0.4, 0.5) is 30.7 Å². The van der Waals surface area contributed by atoms with E-state index in [0.717, 1.165) is 6.07 Å². The fraction of sp³-hybridized carbons (Fsp3) is 0. The molecule has 0 aromatic heterocycles. The molecule has 2 rings (SSSR count). The van der Waals surface area contributed by atoms with E-state index in [0.29, 0.717) is 0 Å². The molecule has 0 fully saturated rings. The van der Waals surface area contributed by atoms with Crippen LogP contribution in [-0.2, 0) is 0 Å². The van der Waals surface area contributed by atoms with Gasteiger partial charge in [-0.3, -0.25) is 0 Å². The number of benzene rings is 2. The Balaban J connectivity index is 0.000000612. The van der Waals surface area contributed by atoms with E-state index in [2.05, 4.69) is 0 Å². The molecule has 0 bridgehead atoms. The van der Waals surface area contributed by atoms with E-state index in [1.165, 1.54) is 0 Å². The van der Waals surface area contributed by atoms with Crippen LogP contribution < -0.4 is 0 Å². The van der Waals surface area contributed by atoms with E-state index in [-0.39, 0.29) is 0 Å². The summed E-state index contributed by atoms with van der Waals surface area (Å²) in [4.78, 5) is 0. The van der Waals surface area contributed by atoms with Crippen molar-refractivity contribution in [3.8, 4) is 0 Å². The van der Waals surface area contributed by atoms with Gasteiger partial charge in [-0.1, -0.05) is 0 Å². The summed E-state index contributed by atoms with van der Waals surface area (Å²) in [6, 6.07) is 1.09. The summed E-state index contributed by atoms with van der Waals surface area (Å²) < 4.78 is 90.4. The van der Waals surface area contributed by atoms with Crippen LogP contribution in [0.5, 0.6) is 0 Å². The van der Waals surface area contributed by atoms with Gasteiger partial charge in [-0.2, -0.15) is 0 Å². The molecule has 0 saturated heterocycles. The SMILES string of the molecule is Fc1[c]c(F)c2c(F)c(F)c(F)c(F)c2c1F.[Cl][Ca][Cl]. The fourth-order valence-electron chi connectivity index (χ4n) is 1.37. The van der Waals surface area contributed by atoms with Crippen LogP contribution in [-0.4, -0.2) is 30.8 Å². The van der Waals surface area contributed by atoms with E-state index >= 15 is 0 Å². The molecule has 0 amide bonds. The van der Waals surface area contributed by atoms with Crippen molar-refractivity contribution in [2.24, 2.45) is 0 Å². The van der Waals surface area contributed by atoms with Crippen molar-refractivity contribution >= 4 is 54.4 Å². The zero-order chi connectivity index (χ0) is 15.6. The van der Waals surface area contributed by atoms with Crippen LogP contribution in [0.2, 0.25) is 0 Å². The Morgan fingerprint density at radius 2 is 1.00 bits per heavy atom. The Hall–Kier alpha value is 0.0497. The van der Waals surface area contributed by atoms with Gasteiger partial charge in [-0.25, -0.2) is 30.7 Å². The Kier molecular flexibility index (Phi) is 6.66. The maximum atomic E-state index is 13.1. The van der Waals surface area contributed by atoms with E-state index < -0.39 is 82.3 Å². The van der Waals surface area contributed by atoms with Gasteiger partial charge in [0, 0.05) is 0 Å². The average molecular weight is 364 g/mol. The van der Waals surface area contributed by atoms with Gasteiger partial charge < -0.3 is 0 Å². The molecule has 0 aliphatic carbocycles. The molecule has 2 aromatic rings. The number of fused-ring (bicyclic) bond motifs is 1. The Labute approximate surface area is 131 Å². The Bertz CT molecular complexity index is 662. The van der Waals surface area contributed by atoms with Crippen LogP contribution >= 0.6 is 12.8 Å². The summed E-state index contributed by atoms with van der Waals surface area (Å²) >= 11 is -0.931. The van der Waals surface area contributed by atoms with Crippen molar-refractivity contribution in [3.05, 3.63) is 46.8 Å². The molecule has 0 nitrogen and oxygen atoms in total. The fourth-order valence-corrected chi connectivity index (χ4v) is 1.37. The zero-order valence-corrected chi connectivity index (χ0v) is 12.8. The molecule has 0 spiro atoms. The number of hydrogen-bond acceptors (Lipinski definition) is 0. The van der Waals surface area contributed by atoms with Gasteiger partial charge in [0.25, 0.3) is 0 Å². The third-order valence-electron chi connectivity index (χ3n) is 2.12. The number of halogens is 9. The molecular weight excluding hydrogens is 364 g/mol. The van der Waals surface area contributed by atoms with Gasteiger partial charge in [0.15, 0.2) is 34.9 Å². The molecular formula is C10CaCl2F7. The van der Waals surface area contributed by atoms with Crippen LogP contribution in [0.1, 0.15) is 0 Å². The topological polar surface area (TPSA) is 0 Å². The molecule has 0 aliphatic rings. The van der Waals surface area contributed by atoms with Crippen LogP contribution in [0, 0.1) is 46.8 Å². The molecule has 10 heteroatoms. The third-order valence-corrected chi connectivity index (χ3v) is 2.12. The zero-order valence-electron chi connectivity index (χ0n) is 9.11. The third kappa shape index (κ3) is 3.27. The van der Waals surface area contributed by atoms with E-state index in [1.54, 1.807) is 0 Å². The second-order valence-corrected chi connectivity index (χ2v) is 6.82. The minimum atomic E-state index is -2.35. The second-order valence-electron chi connectivity index (χ2n) is 3.17. The molecule has 0 unspecified atom stereocenters. The summed E-state index contributed by atoms with van der Waals surface area (Å²) in [6.07, 6.45) is 9.90. The molecule has 0 atom stereocenters. The summed E-state index contributed by atoms with van der Waals surface area (Å²) in [6.45, 7) is 0. The Morgan fingerprint density at radius 3 is 1.45 bits per heavy atom. The first-order chi connectivity index (χ1) is 9.27. The molecule has 2 aromatic carbocycles. The monoisotopic (exact) mass is 363 g/mol. The van der Waals surface area contributed by atoms with Gasteiger partial charge in [0.1, 0.15) is 5.82 Å². The van der Waals surface area contributed by atoms with Crippen molar-refractivity contribution in [1.29, 1.82) is 0 Å². The van der Waals surface area contributed by atoms with Gasteiger partial charge >= 0.3 is 43.6 Å². The molecule has 105 valence electrons. The first-order valence-corrected chi connectivity index (χ1v) is 10.7. The second kappa shape index (κ2) is 7.35. The standard InChI is InChI=1S/C10F7.Ca.2ClH/c11-2-1-3(12)6(13)5-4(2)7(14)9(16)10(17)8(5)15;;;/h;;2*1H/q;+2;;/p-2. The predicted molar refractivity (Wildman–Crippen MR) is 59.9 cm³/mol. The molecule has 20 heavy (non-hydrogen) atoms. The molecule has 0 N–H and O–H groups in total. The van der Waals surface area contributed by atoms with Crippen LogP contribution in [0.25, 0.3) is 10.8 Å². The first kappa shape index (κ1) is 18.1. The van der Waals surface area contributed by atoms with Gasteiger partial charge in [-0.05, 0) is 0 Å². The van der Waals surface area contributed by atoms with Crippen molar-refractivity contribution in [3.63, 3.8) is 0 Å². The van der Waals surface area contributed by atoms with Gasteiger partial charge in [0.2, 0.25) is 0 Å². The van der Waals surface area contributed by atoms with Crippen LogP contribution in [0.3, 0.4) is 0 Å². The van der Waals surface area contributed by atoms with Gasteiger partial charge in [-0.15, -0.1) is 0 Å². The van der Waals surface area contributed by atoms with Gasteiger partial charge in [0.05, 0.1) is 16.8 Å². The molecule has 1 radical (unpaired) electrons. The first-order valence-electron chi connectivity index (χ1n) is 4.61. The van der Waals surface area contributed by atoms with E-state index in [1.807, 2.05) is 0 Å². The summed E-state index contributed by atoms with van der Waals surface area (Å²) in [5.74, 6) is -14.9. The van der Waals surface area contributed by atoms with Crippen LogP contribution in [0.15, 0.2) is 0 Å². The maximum absolute atomic E-state index is 13.1. The van der Waals surface area contributed by atoms with Crippen molar-refractivity contribution in [2.75, 3.05) is 0 Å². The average Bonchev–Trinajstić information content (AvgIpc) is 2.38. The minimum absolute atomic E-state index is 0.931. The normalized spacial score (nSPS) is 10.1. The van der Waals surface area contributed by atoms with Crippen molar-refractivity contribution in [2.45, 2.75) is 0 Å². The van der Waals surface area contributed by atoms with E-state index in [9.17, 15) is 30.7 Å². The molecule has 0 aliphatic heterocycles. The summed E-state index contributed by atoms with van der Waals surface area (Å²) in [5.41, 5.74) is 0. The number of rotatable bonds is 0. The van der Waals surface area contributed by atoms with E-state index in [4.69, 9.17) is 12.8 Å². The summed E-state index contributed by atoms with van der Waals surface area (Å²) in [5, 5.41) is -3.16. The quantitative estimate of drug-likeness (QED) is 0.277. The van der Waals surface area contributed by atoms with Crippen molar-refractivity contribution in [1.82, 2.24) is 0 Å². The van der Waals surface area contributed by atoms with Crippen molar-refractivity contribution < 1.29 is 30.7 Å². The predicted octanol–water partition coefficient (Wildman–Crippen LogP) is 4.61. The molecule has 0 heterocycles. The Morgan fingerprint density at radius 1 is 0.600 bits per heavy atom. The molecule has 0 saturated carbocycles. The number of hydrogen-bond donors (Lipinski definition) is 0.